The smallest absolute Gasteiger partial charge is 0.264 e. The van der Waals surface area contributed by atoms with E-state index in [4.69, 9.17) is 4.55 Å². The zero-order valence-electron chi connectivity index (χ0n) is 24.2. The molecule has 0 spiro atoms. The van der Waals surface area contributed by atoms with Gasteiger partial charge in [-0.05, 0) is 19.3 Å². The molecule has 0 fully saturated rings. The van der Waals surface area contributed by atoms with Gasteiger partial charge in [-0.25, -0.2) is 4.18 Å². The Morgan fingerprint density at radius 2 is 0.944 bits per heavy atom. The average molecular weight is 531 g/mol. The van der Waals surface area contributed by atoms with E-state index in [0.29, 0.717) is 0 Å². The van der Waals surface area contributed by atoms with Crippen LogP contribution >= 0.6 is 0 Å². The van der Waals surface area contributed by atoms with Crippen LogP contribution in [0.2, 0.25) is 0 Å². The fourth-order valence-electron chi connectivity index (χ4n) is 4.87. The first-order valence-corrected chi connectivity index (χ1v) is 17.1. The van der Waals surface area contributed by atoms with Crippen molar-refractivity contribution in [2.75, 3.05) is 6.61 Å². The van der Waals surface area contributed by atoms with Crippen LogP contribution in [-0.2, 0) is 14.6 Å². The van der Waals surface area contributed by atoms with E-state index >= 15 is 0 Å². The van der Waals surface area contributed by atoms with E-state index in [1.165, 1.54) is 141 Å². The molecule has 0 rings (SSSR count). The minimum atomic E-state index is -4.36. The molecule has 1 N–H and O–H groups in total. The molecular weight excluding hydrogens is 468 g/mol. The normalized spacial score (nSPS) is 13.1. The number of allylic oxidation sites excluding steroid dienone is 1. The fourth-order valence-corrected chi connectivity index (χ4v) is 5.22. The molecule has 0 saturated carbocycles. The minimum Gasteiger partial charge on any atom is -0.264 e. The van der Waals surface area contributed by atoms with E-state index in [1.807, 2.05) is 0 Å². The summed E-state index contributed by atoms with van der Waals surface area (Å²) >= 11 is 0. The molecule has 1 atom stereocenters. The molecule has 0 aliphatic carbocycles. The number of hydrogen-bond acceptors (Lipinski definition) is 3. The predicted molar refractivity (Wildman–Crippen MR) is 157 cm³/mol. The van der Waals surface area contributed by atoms with Gasteiger partial charge in [-0.1, -0.05) is 167 Å². The van der Waals surface area contributed by atoms with Gasteiger partial charge in [0.2, 0.25) is 0 Å². The van der Waals surface area contributed by atoms with Crippen LogP contribution < -0.4 is 0 Å². The Morgan fingerprint density at radius 3 is 1.33 bits per heavy atom. The average Bonchev–Trinajstić information content (AvgIpc) is 2.85. The summed E-state index contributed by atoms with van der Waals surface area (Å²) in [5.74, 6) is 0.0587. The van der Waals surface area contributed by atoms with Crippen molar-refractivity contribution in [2.24, 2.45) is 5.92 Å². The van der Waals surface area contributed by atoms with Crippen molar-refractivity contribution in [3.05, 3.63) is 12.2 Å². The lowest BCUT2D eigenvalue weighted by Gasteiger charge is -2.12. The zero-order valence-corrected chi connectivity index (χ0v) is 25.0. The second-order valence-electron chi connectivity index (χ2n) is 10.9. The van der Waals surface area contributed by atoms with E-state index in [2.05, 4.69) is 30.2 Å². The summed E-state index contributed by atoms with van der Waals surface area (Å²) in [6.07, 6.45) is 36.9. The van der Waals surface area contributed by atoms with Gasteiger partial charge in [-0.2, -0.15) is 8.42 Å². The molecule has 0 saturated heterocycles. The Balaban J connectivity index is 3.73. The van der Waals surface area contributed by atoms with Gasteiger partial charge in [0.15, 0.2) is 0 Å². The molecule has 0 heterocycles. The fraction of sp³-hybridized carbons (Fsp3) is 0.935. The third-order valence-corrected chi connectivity index (χ3v) is 7.68. The highest BCUT2D eigenvalue weighted by atomic mass is 32.3. The third kappa shape index (κ3) is 29.8. The molecule has 216 valence electrons. The Hall–Kier alpha value is -0.390. The van der Waals surface area contributed by atoms with Crippen LogP contribution in [0.25, 0.3) is 0 Å². The lowest BCUT2D eigenvalue weighted by atomic mass is 9.99. The number of hydrogen-bond donors (Lipinski definition) is 1. The zero-order chi connectivity index (χ0) is 26.6. The number of rotatable bonds is 29. The molecule has 36 heavy (non-hydrogen) atoms. The monoisotopic (exact) mass is 530 g/mol. The van der Waals surface area contributed by atoms with Crippen LogP contribution in [0.3, 0.4) is 0 Å². The molecule has 1 unspecified atom stereocenters. The van der Waals surface area contributed by atoms with Crippen molar-refractivity contribution in [1.29, 1.82) is 0 Å². The van der Waals surface area contributed by atoms with Crippen molar-refractivity contribution < 1.29 is 17.2 Å². The summed E-state index contributed by atoms with van der Waals surface area (Å²) in [5.41, 5.74) is 0. The summed E-state index contributed by atoms with van der Waals surface area (Å²) in [4.78, 5) is 0. The van der Waals surface area contributed by atoms with Gasteiger partial charge in [0, 0.05) is 5.92 Å². The summed E-state index contributed by atoms with van der Waals surface area (Å²) < 4.78 is 35.6. The molecule has 0 aliphatic rings. The van der Waals surface area contributed by atoms with Gasteiger partial charge in [-0.3, -0.25) is 4.55 Å². The molecular formula is C31H62O4S. The third-order valence-electron chi connectivity index (χ3n) is 7.24. The Morgan fingerprint density at radius 1 is 0.583 bits per heavy atom. The van der Waals surface area contributed by atoms with E-state index in [9.17, 15) is 8.42 Å². The maximum atomic E-state index is 11.0. The summed E-state index contributed by atoms with van der Waals surface area (Å²) in [7, 11) is -4.36. The van der Waals surface area contributed by atoms with Crippen LogP contribution in [0.15, 0.2) is 12.2 Å². The maximum absolute atomic E-state index is 11.0. The van der Waals surface area contributed by atoms with Gasteiger partial charge in [0.05, 0.1) is 6.61 Å². The lowest BCUT2D eigenvalue weighted by molar-refractivity contribution is 0.234. The van der Waals surface area contributed by atoms with Crippen LogP contribution in [0.1, 0.15) is 174 Å². The van der Waals surface area contributed by atoms with Crippen molar-refractivity contribution >= 4 is 10.4 Å². The first-order chi connectivity index (χ1) is 17.5. The second-order valence-corrected chi connectivity index (χ2v) is 12.0. The Bertz CT molecular complexity index is 559. The van der Waals surface area contributed by atoms with Crippen molar-refractivity contribution in [3.63, 3.8) is 0 Å². The molecule has 0 aromatic heterocycles. The topological polar surface area (TPSA) is 63.6 Å². The molecule has 0 bridgehead atoms. The van der Waals surface area contributed by atoms with Gasteiger partial charge in [0.25, 0.3) is 0 Å². The van der Waals surface area contributed by atoms with Gasteiger partial charge in [0.1, 0.15) is 0 Å². The SMILES string of the molecule is CCCCCCCCCCCCCCCCC/C=C/C(CCCCCCCCCC)COS(=O)(=O)O. The van der Waals surface area contributed by atoms with E-state index in [0.717, 1.165) is 19.3 Å². The molecule has 4 nitrogen and oxygen atoms in total. The van der Waals surface area contributed by atoms with Gasteiger partial charge in [-0.15, -0.1) is 0 Å². The highest BCUT2D eigenvalue weighted by molar-refractivity contribution is 7.80. The van der Waals surface area contributed by atoms with Crippen molar-refractivity contribution in [3.8, 4) is 0 Å². The summed E-state index contributed by atoms with van der Waals surface area (Å²) in [6.45, 7) is 4.56. The summed E-state index contributed by atoms with van der Waals surface area (Å²) in [5, 5.41) is 0. The highest BCUT2D eigenvalue weighted by Gasteiger charge is 2.11. The van der Waals surface area contributed by atoms with Crippen molar-refractivity contribution in [2.45, 2.75) is 174 Å². The van der Waals surface area contributed by atoms with E-state index in [-0.39, 0.29) is 12.5 Å². The van der Waals surface area contributed by atoms with Crippen LogP contribution in [-0.4, -0.2) is 19.6 Å². The summed E-state index contributed by atoms with van der Waals surface area (Å²) in [6, 6.07) is 0. The molecule has 0 aromatic carbocycles. The van der Waals surface area contributed by atoms with Crippen LogP contribution in [0.4, 0.5) is 0 Å². The van der Waals surface area contributed by atoms with Crippen molar-refractivity contribution in [1.82, 2.24) is 0 Å². The Labute approximate surface area is 226 Å². The molecule has 0 amide bonds. The number of unbranched alkanes of at least 4 members (excludes halogenated alkanes) is 22. The first kappa shape index (κ1) is 35.6. The standard InChI is InChI=1S/C31H62O4S/c1-3-5-7-9-11-13-14-15-16-17-18-19-20-21-23-25-27-29-31(30-35-36(32,33)34)28-26-24-22-12-10-8-6-4-2/h27,29,31H,3-26,28,30H2,1-2H3,(H,32,33,34)/b29-27+. The minimum absolute atomic E-state index is 0.0463. The van der Waals surface area contributed by atoms with E-state index < -0.39 is 10.4 Å². The van der Waals surface area contributed by atoms with Gasteiger partial charge >= 0.3 is 10.4 Å². The maximum Gasteiger partial charge on any atom is 0.397 e. The molecule has 5 heteroatoms. The highest BCUT2D eigenvalue weighted by Crippen LogP contribution is 2.17. The van der Waals surface area contributed by atoms with Gasteiger partial charge < -0.3 is 0 Å². The lowest BCUT2D eigenvalue weighted by Crippen LogP contribution is -2.12. The van der Waals surface area contributed by atoms with Crippen LogP contribution in [0.5, 0.6) is 0 Å². The van der Waals surface area contributed by atoms with Crippen LogP contribution in [0, 0.1) is 5.92 Å². The largest absolute Gasteiger partial charge is 0.397 e. The first-order valence-electron chi connectivity index (χ1n) is 15.8. The Kier molecular flexibility index (Phi) is 27.3. The molecule has 0 radical (unpaired) electrons. The molecule has 0 aromatic rings. The predicted octanol–water partition coefficient (Wildman–Crippen LogP) is 10.8. The molecule has 0 aliphatic heterocycles. The quantitative estimate of drug-likeness (QED) is 0.0593. The van der Waals surface area contributed by atoms with E-state index in [1.54, 1.807) is 0 Å². The second kappa shape index (κ2) is 27.6.